The van der Waals surface area contributed by atoms with E-state index in [1.165, 1.54) is 7.11 Å². The number of aliphatic hydroxyl groups is 1. The fraction of sp³-hybridized carbons (Fsp3) is 0.818. The Balaban J connectivity index is 4.27. The minimum atomic E-state index is -1.16. The first-order valence-corrected chi connectivity index (χ1v) is 5.53. The maximum absolute atomic E-state index is 11.4. The molecule has 0 bridgehead atoms. The first-order chi connectivity index (χ1) is 7.56. The number of esters is 2. The first-order valence-electron chi connectivity index (χ1n) is 5.53. The summed E-state index contributed by atoms with van der Waals surface area (Å²) in [7, 11) is 1.24. The zero-order valence-electron chi connectivity index (χ0n) is 10.1. The van der Waals surface area contributed by atoms with Crippen LogP contribution in [0.15, 0.2) is 0 Å². The maximum atomic E-state index is 11.4. The summed E-state index contributed by atoms with van der Waals surface area (Å²) in [6.45, 7) is 3.71. The summed E-state index contributed by atoms with van der Waals surface area (Å²) in [4.78, 5) is 22.6. The SMILES string of the molecule is CCCC(O)C(=O)OC(CCC)C(=O)OC. The van der Waals surface area contributed by atoms with Crippen LogP contribution in [-0.2, 0) is 19.1 Å². The second-order valence-electron chi connectivity index (χ2n) is 3.54. The number of carbonyl (C=O) groups excluding carboxylic acids is 2. The highest BCUT2D eigenvalue weighted by Gasteiger charge is 2.26. The minimum absolute atomic E-state index is 0.332. The van der Waals surface area contributed by atoms with E-state index >= 15 is 0 Å². The van der Waals surface area contributed by atoms with E-state index in [2.05, 4.69) is 4.74 Å². The van der Waals surface area contributed by atoms with E-state index in [1.807, 2.05) is 13.8 Å². The van der Waals surface area contributed by atoms with Crippen molar-refractivity contribution in [2.45, 2.75) is 51.7 Å². The van der Waals surface area contributed by atoms with Crippen molar-refractivity contribution in [2.24, 2.45) is 0 Å². The average molecular weight is 232 g/mol. The smallest absolute Gasteiger partial charge is 0.347 e. The molecule has 94 valence electrons. The summed E-state index contributed by atoms with van der Waals surface area (Å²) in [5.74, 6) is -1.34. The molecule has 0 saturated heterocycles. The molecule has 0 amide bonds. The quantitative estimate of drug-likeness (QED) is 0.664. The molecule has 0 aromatic heterocycles. The van der Waals surface area contributed by atoms with Gasteiger partial charge in [0, 0.05) is 0 Å². The lowest BCUT2D eigenvalue weighted by Gasteiger charge is -2.16. The molecular formula is C11H20O5. The highest BCUT2D eigenvalue weighted by atomic mass is 16.6. The third kappa shape index (κ3) is 5.11. The molecule has 0 radical (unpaired) electrons. The van der Waals surface area contributed by atoms with Gasteiger partial charge in [0.1, 0.15) is 0 Å². The molecule has 0 aliphatic heterocycles. The summed E-state index contributed by atoms with van der Waals surface area (Å²) >= 11 is 0. The average Bonchev–Trinajstić information content (AvgIpc) is 2.27. The molecule has 0 saturated carbocycles. The van der Waals surface area contributed by atoms with Crippen LogP contribution in [0.5, 0.6) is 0 Å². The molecular weight excluding hydrogens is 212 g/mol. The Morgan fingerprint density at radius 2 is 1.69 bits per heavy atom. The molecule has 2 unspecified atom stereocenters. The maximum Gasteiger partial charge on any atom is 0.347 e. The molecule has 0 heterocycles. The van der Waals surface area contributed by atoms with Crippen molar-refractivity contribution in [3.63, 3.8) is 0 Å². The van der Waals surface area contributed by atoms with Gasteiger partial charge in [-0.1, -0.05) is 26.7 Å². The second kappa shape index (κ2) is 8.10. The van der Waals surface area contributed by atoms with E-state index in [0.717, 1.165) is 0 Å². The summed E-state index contributed by atoms with van der Waals surface area (Å²) in [5.41, 5.74) is 0. The lowest BCUT2D eigenvalue weighted by atomic mass is 10.2. The van der Waals surface area contributed by atoms with Gasteiger partial charge in [0.15, 0.2) is 12.2 Å². The van der Waals surface area contributed by atoms with Crippen LogP contribution in [0, 0.1) is 0 Å². The van der Waals surface area contributed by atoms with Crippen LogP contribution >= 0.6 is 0 Å². The largest absolute Gasteiger partial charge is 0.466 e. The monoisotopic (exact) mass is 232 g/mol. The predicted molar refractivity (Wildman–Crippen MR) is 57.7 cm³/mol. The zero-order chi connectivity index (χ0) is 12.6. The number of aliphatic hydroxyl groups excluding tert-OH is 1. The summed E-state index contributed by atoms with van der Waals surface area (Å²) < 4.78 is 9.40. The van der Waals surface area contributed by atoms with Crippen molar-refractivity contribution in [3.05, 3.63) is 0 Å². The summed E-state index contributed by atoms with van der Waals surface area (Å²) in [5, 5.41) is 9.36. The molecule has 1 N–H and O–H groups in total. The standard InChI is InChI=1S/C11H20O5/c1-4-6-8(12)10(13)16-9(7-5-2)11(14)15-3/h8-9,12H,4-7H2,1-3H3. The number of rotatable bonds is 7. The summed E-state index contributed by atoms with van der Waals surface area (Å²) in [6, 6.07) is 0. The van der Waals surface area contributed by atoms with Crippen LogP contribution in [0.25, 0.3) is 0 Å². The third-order valence-corrected chi connectivity index (χ3v) is 2.11. The Hall–Kier alpha value is -1.10. The molecule has 0 aromatic rings. The Labute approximate surface area is 95.7 Å². The molecule has 2 atom stereocenters. The van der Waals surface area contributed by atoms with E-state index in [-0.39, 0.29) is 0 Å². The predicted octanol–water partition coefficient (Wildman–Crippen LogP) is 1.03. The van der Waals surface area contributed by atoms with Gasteiger partial charge >= 0.3 is 11.9 Å². The molecule has 0 aromatic carbocycles. The van der Waals surface area contributed by atoms with Gasteiger partial charge in [0.2, 0.25) is 0 Å². The molecule has 5 nitrogen and oxygen atoms in total. The number of ether oxygens (including phenoxy) is 2. The number of methoxy groups -OCH3 is 1. The van der Waals surface area contributed by atoms with Gasteiger partial charge in [-0.15, -0.1) is 0 Å². The highest BCUT2D eigenvalue weighted by Crippen LogP contribution is 2.08. The van der Waals surface area contributed by atoms with Gasteiger partial charge in [-0.3, -0.25) is 0 Å². The lowest BCUT2D eigenvalue weighted by molar-refractivity contribution is -0.172. The van der Waals surface area contributed by atoms with Crippen molar-refractivity contribution in [3.8, 4) is 0 Å². The van der Waals surface area contributed by atoms with Crippen molar-refractivity contribution in [1.82, 2.24) is 0 Å². The Morgan fingerprint density at radius 1 is 1.12 bits per heavy atom. The van der Waals surface area contributed by atoms with Crippen LogP contribution < -0.4 is 0 Å². The van der Waals surface area contributed by atoms with E-state index in [4.69, 9.17) is 4.74 Å². The Morgan fingerprint density at radius 3 is 2.12 bits per heavy atom. The lowest BCUT2D eigenvalue weighted by Crippen LogP contribution is -2.33. The topological polar surface area (TPSA) is 72.8 Å². The normalized spacial score (nSPS) is 14.0. The fourth-order valence-electron chi connectivity index (χ4n) is 1.23. The zero-order valence-corrected chi connectivity index (χ0v) is 10.1. The molecule has 16 heavy (non-hydrogen) atoms. The van der Waals surface area contributed by atoms with Crippen molar-refractivity contribution in [2.75, 3.05) is 7.11 Å². The van der Waals surface area contributed by atoms with E-state index < -0.39 is 24.1 Å². The van der Waals surface area contributed by atoms with Crippen LogP contribution in [-0.4, -0.2) is 36.4 Å². The van der Waals surface area contributed by atoms with Crippen LogP contribution in [0.4, 0.5) is 0 Å². The molecule has 5 heteroatoms. The number of hydrogen-bond donors (Lipinski definition) is 1. The molecule has 0 rings (SSSR count). The van der Waals surface area contributed by atoms with E-state index in [9.17, 15) is 14.7 Å². The van der Waals surface area contributed by atoms with Gasteiger partial charge in [0.05, 0.1) is 7.11 Å². The van der Waals surface area contributed by atoms with Gasteiger partial charge in [-0.25, -0.2) is 9.59 Å². The first kappa shape index (κ1) is 14.9. The third-order valence-electron chi connectivity index (χ3n) is 2.11. The Kier molecular flexibility index (Phi) is 7.54. The molecule has 0 aliphatic carbocycles. The summed E-state index contributed by atoms with van der Waals surface area (Å²) in [6.07, 6.45) is 0.0305. The molecule has 0 spiro atoms. The van der Waals surface area contributed by atoms with Crippen LogP contribution in [0.3, 0.4) is 0 Å². The second-order valence-corrected chi connectivity index (χ2v) is 3.54. The van der Waals surface area contributed by atoms with Gasteiger partial charge in [0.25, 0.3) is 0 Å². The van der Waals surface area contributed by atoms with Crippen molar-refractivity contribution < 1.29 is 24.2 Å². The van der Waals surface area contributed by atoms with Gasteiger partial charge < -0.3 is 14.6 Å². The van der Waals surface area contributed by atoms with E-state index in [1.54, 1.807) is 0 Å². The minimum Gasteiger partial charge on any atom is -0.466 e. The highest BCUT2D eigenvalue weighted by molar-refractivity contribution is 5.81. The fourth-order valence-corrected chi connectivity index (χ4v) is 1.23. The number of hydrogen-bond acceptors (Lipinski definition) is 5. The molecule has 0 fully saturated rings. The van der Waals surface area contributed by atoms with Gasteiger partial charge in [-0.05, 0) is 12.8 Å². The Bertz CT molecular complexity index is 226. The van der Waals surface area contributed by atoms with Crippen LogP contribution in [0.1, 0.15) is 39.5 Å². The van der Waals surface area contributed by atoms with Crippen molar-refractivity contribution >= 4 is 11.9 Å². The number of carbonyl (C=O) groups is 2. The molecule has 0 aliphatic rings. The van der Waals surface area contributed by atoms with Crippen molar-refractivity contribution in [1.29, 1.82) is 0 Å². The van der Waals surface area contributed by atoms with Gasteiger partial charge in [-0.2, -0.15) is 0 Å². The van der Waals surface area contributed by atoms with Crippen LogP contribution in [0.2, 0.25) is 0 Å². The van der Waals surface area contributed by atoms with E-state index in [0.29, 0.717) is 25.7 Å².